The highest BCUT2D eigenvalue weighted by molar-refractivity contribution is 7.92. The van der Waals surface area contributed by atoms with Crippen molar-refractivity contribution >= 4 is 15.6 Å². The second-order valence-corrected chi connectivity index (χ2v) is 6.02. The third-order valence-corrected chi connectivity index (χ3v) is 3.92. The van der Waals surface area contributed by atoms with Crippen molar-refractivity contribution in [1.82, 2.24) is 0 Å². The van der Waals surface area contributed by atoms with Crippen LogP contribution >= 0.6 is 0 Å². The number of carbonyl (C=O) groups is 1. The number of carbonyl (C=O) groups excluding carboxylic acids is 1. The molecule has 0 bridgehead atoms. The largest absolute Gasteiger partial charge is 0.293 e. The smallest absolute Gasteiger partial charge is 0.180 e. The maximum atomic E-state index is 11.8. The third-order valence-electron chi connectivity index (χ3n) is 2.42. The van der Waals surface area contributed by atoms with Gasteiger partial charge >= 0.3 is 0 Å². The van der Waals surface area contributed by atoms with Crippen LogP contribution in [0.25, 0.3) is 0 Å². The molecule has 0 amide bonds. The van der Waals surface area contributed by atoms with Crippen LogP contribution in [0.5, 0.6) is 0 Å². The normalized spacial score (nSPS) is 13.5. The van der Waals surface area contributed by atoms with Gasteiger partial charge in [-0.3, -0.25) is 4.79 Å². The van der Waals surface area contributed by atoms with Crippen molar-refractivity contribution in [2.24, 2.45) is 0 Å². The molecular formula is C11H14O3S. The lowest BCUT2D eigenvalue weighted by Gasteiger charge is -2.09. The number of benzene rings is 1. The van der Waals surface area contributed by atoms with Gasteiger partial charge in [0, 0.05) is 11.8 Å². The van der Waals surface area contributed by atoms with E-state index in [1.807, 2.05) is 6.07 Å². The molecule has 0 aromatic heterocycles. The molecule has 15 heavy (non-hydrogen) atoms. The summed E-state index contributed by atoms with van der Waals surface area (Å²) in [7, 11) is -3.32. The molecule has 3 nitrogen and oxygen atoms in total. The fourth-order valence-corrected chi connectivity index (χ4v) is 1.78. The summed E-state index contributed by atoms with van der Waals surface area (Å²) in [6.07, 6.45) is 1.08. The Labute approximate surface area is 90.0 Å². The molecule has 4 heteroatoms. The minimum atomic E-state index is -3.32. The highest BCUT2D eigenvalue weighted by atomic mass is 32.2. The van der Waals surface area contributed by atoms with Crippen LogP contribution in [0.3, 0.4) is 0 Å². The summed E-state index contributed by atoms with van der Waals surface area (Å²) < 4.78 is 22.5. The Kier molecular flexibility index (Phi) is 3.29. The quantitative estimate of drug-likeness (QED) is 0.736. The van der Waals surface area contributed by atoms with E-state index in [1.54, 1.807) is 25.1 Å². The van der Waals surface area contributed by atoms with E-state index in [0.29, 0.717) is 5.56 Å². The van der Waals surface area contributed by atoms with Gasteiger partial charge in [0.05, 0.1) is 0 Å². The molecule has 0 saturated heterocycles. The first kappa shape index (κ1) is 11.9. The van der Waals surface area contributed by atoms with E-state index in [2.05, 4.69) is 0 Å². The Bertz CT molecular complexity index is 474. The second kappa shape index (κ2) is 4.14. The average Bonchev–Trinajstić information content (AvgIpc) is 2.15. The molecule has 0 fully saturated rings. The SMILES string of the molecule is Cc1ccccc1C(=O)C(C)S(C)(=O)=O. The number of hydrogen-bond donors (Lipinski definition) is 0. The van der Waals surface area contributed by atoms with Gasteiger partial charge in [-0.1, -0.05) is 24.3 Å². The highest BCUT2D eigenvalue weighted by Gasteiger charge is 2.25. The third kappa shape index (κ3) is 2.65. The monoisotopic (exact) mass is 226 g/mol. The number of sulfone groups is 1. The molecular weight excluding hydrogens is 212 g/mol. The molecule has 1 unspecified atom stereocenters. The maximum absolute atomic E-state index is 11.8. The van der Waals surface area contributed by atoms with Gasteiger partial charge in [-0.05, 0) is 19.4 Å². The number of aryl methyl sites for hydroxylation is 1. The Hall–Kier alpha value is -1.16. The summed E-state index contributed by atoms with van der Waals surface area (Å²) in [6.45, 7) is 3.21. The van der Waals surface area contributed by atoms with Crippen LogP contribution in [-0.4, -0.2) is 25.7 Å². The van der Waals surface area contributed by atoms with Gasteiger partial charge in [-0.25, -0.2) is 8.42 Å². The number of hydrogen-bond acceptors (Lipinski definition) is 3. The van der Waals surface area contributed by atoms with E-state index in [1.165, 1.54) is 6.92 Å². The molecule has 1 aromatic rings. The van der Waals surface area contributed by atoms with Crippen molar-refractivity contribution < 1.29 is 13.2 Å². The number of rotatable bonds is 3. The summed E-state index contributed by atoms with van der Waals surface area (Å²) in [6, 6.07) is 6.99. The van der Waals surface area contributed by atoms with Gasteiger partial charge in [0.15, 0.2) is 15.6 Å². The first-order valence-electron chi connectivity index (χ1n) is 4.62. The van der Waals surface area contributed by atoms with Crippen LogP contribution in [0.15, 0.2) is 24.3 Å². The standard InChI is InChI=1S/C11H14O3S/c1-8-6-4-5-7-10(8)11(12)9(2)15(3,13)14/h4-7,9H,1-3H3. The van der Waals surface area contributed by atoms with Crippen molar-refractivity contribution in [1.29, 1.82) is 0 Å². The molecule has 0 aliphatic carbocycles. The summed E-state index contributed by atoms with van der Waals surface area (Å²) >= 11 is 0. The van der Waals surface area contributed by atoms with E-state index in [0.717, 1.165) is 11.8 Å². The van der Waals surface area contributed by atoms with E-state index in [9.17, 15) is 13.2 Å². The molecule has 1 rings (SSSR count). The number of Topliss-reactive ketones (excluding diaryl/α,β-unsaturated/α-hetero) is 1. The first-order valence-corrected chi connectivity index (χ1v) is 6.58. The lowest BCUT2D eigenvalue weighted by atomic mass is 10.0. The summed E-state index contributed by atoms with van der Waals surface area (Å²) in [5, 5.41) is -0.974. The summed E-state index contributed by atoms with van der Waals surface area (Å²) in [5.74, 6) is -0.337. The number of ketones is 1. The predicted octanol–water partition coefficient (Wildman–Crippen LogP) is 1.61. The lowest BCUT2D eigenvalue weighted by molar-refractivity contribution is 0.0991. The molecule has 0 heterocycles. The summed E-state index contributed by atoms with van der Waals surface area (Å²) in [4.78, 5) is 11.8. The maximum Gasteiger partial charge on any atom is 0.180 e. The predicted molar refractivity (Wildman–Crippen MR) is 59.8 cm³/mol. The van der Waals surface area contributed by atoms with Gasteiger partial charge in [-0.15, -0.1) is 0 Å². The molecule has 82 valence electrons. The topological polar surface area (TPSA) is 51.2 Å². The Morgan fingerprint density at radius 3 is 2.27 bits per heavy atom. The minimum absolute atomic E-state index is 0.337. The van der Waals surface area contributed by atoms with Crippen LogP contribution < -0.4 is 0 Å². The molecule has 0 spiro atoms. The zero-order chi connectivity index (χ0) is 11.6. The molecule has 0 saturated carbocycles. The fraction of sp³-hybridized carbons (Fsp3) is 0.364. The van der Waals surface area contributed by atoms with Crippen molar-refractivity contribution in [3.8, 4) is 0 Å². The molecule has 0 aliphatic heterocycles. The molecule has 1 aromatic carbocycles. The van der Waals surface area contributed by atoms with E-state index < -0.39 is 15.1 Å². The van der Waals surface area contributed by atoms with Crippen LogP contribution in [0.4, 0.5) is 0 Å². The van der Waals surface area contributed by atoms with E-state index in [-0.39, 0.29) is 5.78 Å². The molecule has 0 radical (unpaired) electrons. The molecule has 1 atom stereocenters. The zero-order valence-electron chi connectivity index (χ0n) is 9.02. The van der Waals surface area contributed by atoms with Crippen LogP contribution in [0.2, 0.25) is 0 Å². The summed E-state index contributed by atoms with van der Waals surface area (Å²) in [5.41, 5.74) is 1.29. The first-order chi connectivity index (χ1) is 6.84. The van der Waals surface area contributed by atoms with E-state index >= 15 is 0 Å². The van der Waals surface area contributed by atoms with Gasteiger partial charge in [0.25, 0.3) is 0 Å². The minimum Gasteiger partial charge on any atom is -0.293 e. The van der Waals surface area contributed by atoms with Gasteiger partial charge < -0.3 is 0 Å². The van der Waals surface area contributed by atoms with E-state index in [4.69, 9.17) is 0 Å². The van der Waals surface area contributed by atoms with Gasteiger partial charge in [0.2, 0.25) is 0 Å². The molecule has 0 N–H and O–H groups in total. The second-order valence-electron chi connectivity index (χ2n) is 3.65. The highest BCUT2D eigenvalue weighted by Crippen LogP contribution is 2.13. The Morgan fingerprint density at radius 1 is 1.27 bits per heavy atom. The average molecular weight is 226 g/mol. The molecule has 0 aliphatic rings. The van der Waals surface area contributed by atoms with Crippen LogP contribution in [0.1, 0.15) is 22.8 Å². The van der Waals surface area contributed by atoms with Crippen molar-refractivity contribution in [3.05, 3.63) is 35.4 Å². The lowest BCUT2D eigenvalue weighted by Crippen LogP contribution is -2.26. The van der Waals surface area contributed by atoms with Crippen LogP contribution in [-0.2, 0) is 9.84 Å². The van der Waals surface area contributed by atoms with Crippen molar-refractivity contribution in [2.45, 2.75) is 19.1 Å². The van der Waals surface area contributed by atoms with Gasteiger partial charge in [0.1, 0.15) is 5.25 Å². The van der Waals surface area contributed by atoms with Crippen molar-refractivity contribution in [3.63, 3.8) is 0 Å². The Balaban J connectivity index is 3.12. The van der Waals surface area contributed by atoms with Crippen molar-refractivity contribution in [2.75, 3.05) is 6.26 Å². The van der Waals surface area contributed by atoms with Crippen LogP contribution in [0, 0.1) is 6.92 Å². The fourth-order valence-electron chi connectivity index (χ4n) is 1.26. The van der Waals surface area contributed by atoms with Gasteiger partial charge in [-0.2, -0.15) is 0 Å². The Morgan fingerprint density at radius 2 is 1.80 bits per heavy atom. The zero-order valence-corrected chi connectivity index (χ0v) is 9.84.